The number of rotatable bonds is 3. The first-order valence-electron chi connectivity index (χ1n) is 6.00. The molecular formula is C12H12N8. The second-order valence-corrected chi connectivity index (χ2v) is 4.23. The molecule has 0 bridgehead atoms. The van der Waals surface area contributed by atoms with Crippen molar-refractivity contribution in [3.05, 3.63) is 30.2 Å². The Balaban J connectivity index is 2.08. The van der Waals surface area contributed by atoms with Crippen LogP contribution in [0.2, 0.25) is 0 Å². The van der Waals surface area contributed by atoms with Gasteiger partial charge in [0.2, 0.25) is 5.82 Å². The molecule has 0 atom stereocenters. The van der Waals surface area contributed by atoms with Crippen LogP contribution in [0.1, 0.15) is 11.6 Å². The van der Waals surface area contributed by atoms with Gasteiger partial charge < -0.3 is 9.88 Å². The molecular weight excluding hydrogens is 256 g/mol. The van der Waals surface area contributed by atoms with E-state index in [4.69, 9.17) is 5.26 Å². The van der Waals surface area contributed by atoms with Gasteiger partial charge >= 0.3 is 0 Å². The number of aryl methyl sites for hydroxylation is 1. The van der Waals surface area contributed by atoms with Crippen LogP contribution >= 0.6 is 0 Å². The van der Waals surface area contributed by atoms with E-state index in [0.717, 1.165) is 16.9 Å². The lowest BCUT2D eigenvalue weighted by atomic mass is 10.3. The van der Waals surface area contributed by atoms with Crippen LogP contribution in [0, 0.1) is 11.3 Å². The normalized spacial score (nSPS) is 10.7. The van der Waals surface area contributed by atoms with Crippen LogP contribution in [0.3, 0.4) is 0 Å². The Labute approximate surface area is 114 Å². The SMILES string of the molecule is CNc1nc(Cn2ccnc2C#N)nc2c1cnn2C. The number of hydrogen-bond donors (Lipinski definition) is 1. The van der Waals surface area contributed by atoms with E-state index >= 15 is 0 Å². The zero-order valence-corrected chi connectivity index (χ0v) is 11.1. The predicted octanol–water partition coefficient (Wildman–Crippen LogP) is 0.521. The van der Waals surface area contributed by atoms with Crippen molar-refractivity contribution in [2.24, 2.45) is 7.05 Å². The fourth-order valence-corrected chi connectivity index (χ4v) is 2.03. The molecule has 8 heteroatoms. The van der Waals surface area contributed by atoms with Gasteiger partial charge in [0, 0.05) is 26.5 Å². The van der Waals surface area contributed by atoms with Crippen molar-refractivity contribution in [2.45, 2.75) is 6.54 Å². The van der Waals surface area contributed by atoms with Crippen molar-refractivity contribution >= 4 is 16.9 Å². The molecule has 3 aromatic heterocycles. The number of fused-ring (bicyclic) bond motifs is 1. The molecule has 0 saturated carbocycles. The molecule has 100 valence electrons. The van der Waals surface area contributed by atoms with E-state index in [1.165, 1.54) is 0 Å². The van der Waals surface area contributed by atoms with Gasteiger partial charge in [-0.15, -0.1) is 0 Å². The number of hydrogen-bond acceptors (Lipinski definition) is 6. The third-order valence-corrected chi connectivity index (χ3v) is 3.00. The minimum Gasteiger partial charge on any atom is -0.372 e. The molecule has 3 aromatic rings. The monoisotopic (exact) mass is 268 g/mol. The van der Waals surface area contributed by atoms with Gasteiger partial charge in [0.15, 0.2) is 11.5 Å². The minimum atomic E-state index is 0.338. The number of nitriles is 1. The summed E-state index contributed by atoms with van der Waals surface area (Å²) in [6.45, 7) is 0.388. The minimum absolute atomic E-state index is 0.338. The van der Waals surface area contributed by atoms with Crippen molar-refractivity contribution in [2.75, 3.05) is 12.4 Å². The van der Waals surface area contributed by atoms with Crippen LogP contribution in [0.5, 0.6) is 0 Å². The van der Waals surface area contributed by atoms with E-state index in [9.17, 15) is 0 Å². The Bertz CT molecular complexity index is 807. The zero-order chi connectivity index (χ0) is 14.1. The number of imidazole rings is 1. The standard InChI is InChI=1S/C12H12N8/c1-14-11-8-6-16-19(2)12(8)18-9(17-11)7-20-4-3-15-10(20)5-13/h3-4,6H,7H2,1-2H3,(H,14,17,18). The first-order valence-corrected chi connectivity index (χ1v) is 6.00. The van der Waals surface area contributed by atoms with Crippen LogP contribution in [0.15, 0.2) is 18.6 Å². The lowest BCUT2D eigenvalue weighted by Gasteiger charge is -2.07. The smallest absolute Gasteiger partial charge is 0.213 e. The summed E-state index contributed by atoms with van der Waals surface area (Å²) in [4.78, 5) is 12.9. The third kappa shape index (κ3) is 1.85. The second-order valence-electron chi connectivity index (χ2n) is 4.23. The highest BCUT2D eigenvalue weighted by Crippen LogP contribution is 2.19. The Hall–Kier alpha value is -2.95. The topological polar surface area (TPSA) is 97.2 Å². The van der Waals surface area contributed by atoms with Crippen molar-refractivity contribution in [3.63, 3.8) is 0 Å². The van der Waals surface area contributed by atoms with Gasteiger partial charge in [-0.05, 0) is 0 Å². The molecule has 0 fully saturated rings. The van der Waals surface area contributed by atoms with Gasteiger partial charge in [0.05, 0.1) is 18.1 Å². The van der Waals surface area contributed by atoms with Crippen molar-refractivity contribution in [3.8, 4) is 6.07 Å². The fraction of sp³-hybridized carbons (Fsp3) is 0.250. The molecule has 0 spiro atoms. The summed E-state index contributed by atoms with van der Waals surface area (Å²) < 4.78 is 3.40. The first-order chi connectivity index (χ1) is 9.72. The average molecular weight is 268 g/mol. The third-order valence-electron chi connectivity index (χ3n) is 3.00. The summed E-state index contributed by atoms with van der Waals surface area (Å²) in [6, 6.07) is 2.03. The second kappa shape index (κ2) is 4.62. The van der Waals surface area contributed by atoms with Crippen LogP contribution in [-0.4, -0.2) is 36.3 Å². The lowest BCUT2D eigenvalue weighted by Crippen LogP contribution is -2.08. The van der Waals surface area contributed by atoms with Crippen LogP contribution in [0.25, 0.3) is 11.0 Å². The molecule has 0 aromatic carbocycles. The summed E-state index contributed by atoms with van der Waals surface area (Å²) in [5, 5.41) is 17.1. The van der Waals surface area contributed by atoms with E-state index in [1.54, 1.807) is 34.9 Å². The molecule has 3 rings (SSSR count). The van der Waals surface area contributed by atoms with E-state index in [-0.39, 0.29) is 0 Å². The molecule has 8 nitrogen and oxygen atoms in total. The highest BCUT2D eigenvalue weighted by atomic mass is 15.3. The highest BCUT2D eigenvalue weighted by molar-refractivity contribution is 5.86. The maximum Gasteiger partial charge on any atom is 0.213 e. The Kier molecular flexibility index (Phi) is 2.80. The molecule has 0 unspecified atom stereocenters. The molecule has 0 aliphatic rings. The van der Waals surface area contributed by atoms with Gasteiger partial charge in [0.25, 0.3) is 0 Å². The lowest BCUT2D eigenvalue weighted by molar-refractivity contribution is 0.727. The summed E-state index contributed by atoms with van der Waals surface area (Å²) >= 11 is 0. The molecule has 0 saturated heterocycles. The molecule has 1 N–H and O–H groups in total. The van der Waals surface area contributed by atoms with Crippen LogP contribution in [-0.2, 0) is 13.6 Å². The molecule has 3 heterocycles. The Morgan fingerprint density at radius 2 is 2.25 bits per heavy atom. The summed E-state index contributed by atoms with van der Waals surface area (Å²) in [5.74, 6) is 1.65. The zero-order valence-electron chi connectivity index (χ0n) is 11.1. The van der Waals surface area contributed by atoms with Gasteiger partial charge in [-0.2, -0.15) is 10.4 Å². The highest BCUT2D eigenvalue weighted by Gasteiger charge is 2.12. The fourth-order valence-electron chi connectivity index (χ4n) is 2.03. The molecule has 0 aliphatic carbocycles. The Morgan fingerprint density at radius 1 is 1.40 bits per heavy atom. The van der Waals surface area contributed by atoms with Crippen molar-refractivity contribution in [1.29, 1.82) is 5.26 Å². The van der Waals surface area contributed by atoms with E-state index < -0.39 is 0 Å². The van der Waals surface area contributed by atoms with Crippen molar-refractivity contribution < 1.29 is 0 Å². The van der Waals surface area contributed by atoms with Crippen molar-refractivity contribution in [1.82, 2.24) is 29.3 Å². The van der Waals surface area contributed by atoms with E-state index in [1.807, 2.05) is 13.1 Å². The summed E-state index contributed by atoms with van der Waals surface area (Å²) in [6.07, 6.45) is 5.04. The summed E-state index contributed by atoms with van der Waals surface area (Å²) in [5.41, 5.74) is 0.748. The van der Waals surface area contributed by atoms with Crippen LogP contribution < -0.4 is 5.32 Å². The number of nitrogens with zero attached hydrogens (tertiary/aromatic N) is 7. The summed E-state index contributed by atoms with van der Waals surface area (Å²) in [7, 11) is 3.63. The average Bonchev–Trinajstić information content (AvgIpc) is 3.05. The first kappa shape index (κ1) is 12.1. The maximum atomic E-state index is 8.97. The Morgan fingerprint density at radius 3 is 3.00 bits per heavy atom. The number of nitrogens with one attached hydrogen (secondary N) is 1. The van der Waals surface area contributed by atoms with E-state index in [0.29, 0.717) is 18.2 Å². The molecule has 20 heavy (non-hydrogen) atoms. The van der Waals surface area contributed by atoms with Crippen LogP contribution in [0.4, 0.5) is 5.82 Å². The molecule has 0 amide bonds. The van der Waals surface area contributed by atoms with Gasteiger partial charge in [0.1, 0.15) is 11.9 Å². The van der Waals surface area contributed by atoms with E-state index in [2.05, 4.69) is 25.4 Å². The number of aromatic nitrogens is 6. The molecule has 0 aliphatic heterocycles. The number of anilines is 1. The maximum absolute atomic E-state index is 8.97. The van der Waals surface area contributed by atoms with Gasteiger partial charge in [-0.3, -0.25) is 4.68 Å². The quantitative estimate of drug-likeness (QED) is 0.743. The largest absolute Gasteiger partial charge is 0.372 e. The predicted molar refractivity (Wildman–Crippen MR) is 71.9 cm³/mol. The van der Waals surface area contributed by atoms with Gasteiger partial charge in [-0.1, -0.05) is 0 Å². The van der Waals surface area contributed by atoms with Gasteiger partial charge in [-0.25, -0.2) is 15.0 Å². The molecule has 0 radical (unpaired) electrons.